The number of aliphatic imine (C=N–C) groups is 1. The van der Waals surface area contributed by atoms with Gasteiger partial charge in [-0.2, -0.15) is 15.0 Å². The predicted octanol–water partition coefficient (Wildman–Crippen LogP) is 2.15. The maximum Gasteiger partial charge on any atom is 0.233 e. The molecule has 2 aromatic rings. The van der Waals surface area contributed by atoms with E-state index in [4.69, 9.17) is 5.73 Å². The molecule has 4 rings (SSSR count). The topological polar surface area (TPSA) is 95.6 Å². The van der Waals surface area contributed by atoms with Gasteiger partial charge >= 0.3 is 0 Å². The molecule has 1 saturated heterocycles. The summed E-state index contributed by atoms with van der Waals surface area (Å²) < 4.78 is 0. The molecule has 3 heterocycles. The molecule has 1 aromatic carbocycles. The molecule has 0 saturated carbocycles. The Morgan fingerprint density at radius 3 is 2.62 bits per heavy atom. The van der Waals surface area contributed by atoms with Gasteiger partial charge in [0.05, 0.1) is 6.54 Å². The molecule has 1 fully saturated rings. The minimum Gasteiger partial charge on any atom is -0.399 e. The minimum absolute atomic E-state index is 0.505. The highest BCUT2D eigenvalue weighted by Crippen LogP contribution is 2.16. The Morgan fingerprint density at radius 2 is 1.90 bits per heavy atom. The van der Waals surface area contributed by atoms with Crippen LogP contribution in [-0.4, -0.2) is 65.5 Å². The molecule has 1 aromatic heterocycles. The van der Waals surface area contributed by atoms with Crippen LogP contribution in [0.5, 0.6) is 0 Å². The van der Waals surface area contributed by atoms with E-state index in [2.05, 4.69) is 49.0 Å². The molecule has 0 unspecified atom stereocenters. The van der Waals surface area contributed by atoms with Gasteiger partial charge in [0.25, 0.3) is 0 Å². The van der Waals surface area contributed by atoms with Crippen LogP contribution in [0.3, 0.4) is 0 Å². The zero-order chi connectivity index (χ0) is 20.2. The Hall–Kier alpha value is -3.26. The van der Waals surface area contributed by atoms with Gasteiger partial charge in [0.1, 0.15) is 5.84 Å². The number of piperazine rings is 1. The average Bonchev–Trinajstić information content (AvgIpc) is 3.11. The van der Waals surface area contributed by atoms with Gasteiger partial charge in [0.2, 0.25) is 11.9 Å². The van der Waals surface area contributed by atoms with Gasteiger partial charge in [-0.15, -0.1) is 0 Å². The summed E-state index contributed by atoms with van der Waals surface area (Å²) >= 11 is 0. The van der Waals surface area contributed by atoms with Crippen LogP contribution in [0, 0.1) is 0 Å². The number of nitrogens with one attached hydrogen (secondary N) is 1. The maximum atomic E-state index is 5.87. The van der Waals surface area contributed by atoms with Crippen molar-refractivity contribution in [3.05, 3.63) is 47.3 Å². The molecule has 0 amide bonds. The van der Waals surface area contributed by atoms with Gasteiger partial charge in [-0.3, -0.25) is 4.99 Å². The molecule has 0 radical (unpaired) electrons. The number of rotatable bonds is 4. The van der Waals surface area contributed by atoms with Gasteiger partial charge < -0.3 is 20.9 Å². The average molecular weight is 390 g/mol. The van der Waals surface area contributed by atoms with Crippen molar-refractivity contribution in [3.8, 4) is 0 Å². The number of nitrogens with two attached hydrogens (primary N) is 1. The molecule has 29 heavy (non-hydrogen) atoms. The maximum absolute atomic E-state index is 5.87. The first-order valence-corrected chi connectivity index (χ1v) is 9.77. The Bertz CT molecular complexity index is 970. The Balaban J connectivity index is 1.62. The van der Waals surface area contributed by atoms with E-state index >= 15 is 0 Å². The van der Waals surface area contributed by atoms with E-state index < -0.39 is 0 Å². The van der Waals surface area contributed by atoms with Crippen molar-refractivity contribution in [3.63, 3.8) is 0 Å². The zero-order valence-electron chi connectivity index (χ0n) is 16.8. The molecule has 8 nitrogen and oxygen atoms in total. The van der Waals surface area contributed by atoms with Gasteiger partial charge in [-0.05, 0) is 49.4 Å². The fourth-order valence-corrected chi connectivity index (χ4v) is 3.22. The molecule has 0 spiro atoms. The lowest BCUT2D eigenvalue weighted by Crippen LogP contribution is -2.45. The third kappa shape index (κ3) is 4.97. The van der Waals surface area contributed by atoms with Crippen LogP contribution in [0.4, 0.5) is 17.6 Å². The molecule has 8 heteroatoms. The van der Waals surface area contributed by atoms with Crippen LogP contribution >= 0.6 is 0 Å². The van der Waals surface area contributed by atoms with Crippen molar-refractivity contribution in [2.45, 2.75) is 6.92 Å². The van der Waals surface area contributed by atoms with Crippen molar-refractivity contribution in [1.82, 2.24) is 19.9 Å². The number of aromatic nitrogens is 3. The van der Waals surface area contributed by atoms with E-state index in [1.165, 1.54) is 5.57 Å². The largest absolute Gasteiger partial charge is 0.399 e. The predicted molar refractivity (Wildman–Crippen MR) is 119 cm³/mol. The number of hydrogen-bond acceptors (Lipinski definition) is 8. The number of amidine groups is 1. The van der Waals surface area contributed by atoms with Crippen molar-refractivity contribution < 1.29 is 0 Å². The summed E-state index contributed by atoms with van der Waals surface area (Å²) in [5.41, 5.74) is 8.81. The van der Waals surface area contributed by atoms with E-state index in [0.29, 0.717) is 24.3 Å². The number of nitrogen functional groups attached to an aromatic ring is 1. The lowest BCUT2D eigenvalue weighted by atomic mass is 10.2. The summed E-state index contributed by atoms with van der Waals surface area (Å²) in [7, 11) is 2.13. The van der Waals surface area contributed by atoms with Crippen molar-refractivity contribution in [2.75, 3.05) is 55.7 Å². The number of hydrogen-bond donors (Lipinski definition) is 2. The zero-order valence-corrected chi connectivity index (χ0v) is 16.8. The molecule has 2 aliphatic heterocycles. The van der Waals surface area contributed by atoms with E-state index in [1.807, 2.05) is 42.5 Å². The highest BCUT2D eigenvalue weighted by molar-refractivity contribution is 6.04. The molecular formula is C21H26N8. The SMILES string of the molecule is CC1=CC(Nc2nc(/C=C/c3cccc(N)c3)nc(N3CCN(C)CC3)n2)=NC1. The fraction of sp³-hybridized carbons (Fsp3) is 0.333. The second-order valence-corrected chi connectivity index (χ2v) is 7.43. The summed E-state index contributed by atoms with van der Waals surface area (Å²) in [6.45, 7) is 6.51. The highest BCUT2D eigenvalue weighted by Gasteiger charge is 2.18. The van der Waals surface area contributed by atoms with Crippen LogP contribution in [0.15, 0.2) is 40.9 Å². The highest BCUT2D eigenvalue weighted by atomic mass is 15.3. The summed E-state index contributed by atoms with van der Waals surface area (Å²) in [4.78, 5) is 22.9. The Morgan fingerprint density at radius 1 is 1.07 bits per heavy atom. The van der Waals surface area contributed by atoms with Gasteiger partial charge in [0, 0.05) is 31.9 Å². The first-order chi connectivity index (χ1) is 14.0. The summed E-state index contributed by atoms with van der Waals surface area (Å²) in [5.74, 6) is 2.56. The van der Waals surface area contributed by atoms with E-state index in [9.17, 15) is 0 Å². The quantitative estimate of drug-likeness (QED) is 0.772. The summed E-state index contributed by atoms with van der Waals surface area (Å²) in [6, 6.07) is 7.71. The second kappa shape index (κ2) is 8.40. The van der Waals surface area contributed by atoms with E-state index in [-0.39, 0.29) is 0 Å². The smallest absolute Gasteiger partial charge is 0.233 e. The van der Waals surface area contributed by atoms with Gasteiger partial charge in [0.15, 0.2) is 5.82 Å². The third-order valence-electron chi connectivity index (χ3n) is 4.88. The standard InChI is InChI=1S/C21H26N8/c1-15-12-19(23-14-15)25-20-24-18(7-6-16-4-3-5-17(22)13-16)26-21(27-20)29-10-8-28(2)9-11-29/h3-7,12-13H,8-11,14,22H2,1-2H3,(H,23,24,25,26,27)/b7-6+. The first-order valence-electron chi connectivity index (χ1n) is 9.77. The molecule has 150 valence electrons. The van der Waals surface area contributed by atoms with Crippen LogP contribution in [0.25, 0.3) is 12.2 Å². The number of anilines is 3. The monoisotopic (exact) mass is 390 g/mol. The molecule has 0 aliphatic carbocycles. The third-order valence-corrected chi connectivity index (χ3v) is 4.88. The van der Waals surface area contributed by atoms with E-state index in [1.54, 1.807) is 0 Å². The van der Waals surface area contributed by atoms with E-state index in [0.717, 1.165) is 43.3 Å². The number of nitrogens with zero attached hydrogens (tertiary/aromatic N) is 6. The van der Waals surface area contributed by atoms with Crippen LogP contribution in [-0.2, 0) is 0 Å². The molecule has 0 atom stereocenters. The Kier molecular flexibility index (Phi) is 5.53. The molecule has 0 bridgehead atoms. The van der Waals surface area contributed by atoms with Gasteiger partial charge in [-0.25, -0.2) is 0 Å². The van der Waals surface area contributed by atoms with Crippen molar-refractivity contribution >= 4 is 35.6 Å². The van der Waals surface area contributed by atoms with Crippen molar-refractivity contribution in [1.29, 1.82) is 0 Å². The number of benzene rings is 1. The first kappa shape index (κ1) is 19.1. The number of likely N-dealkylation sites (N-methyl/N-ethyl adjacent to an activating group) is 1. The van der Waals surface area contributed by atoms with Crippen LogP contribution in [0.1, 0.15) is 18.3 Å². The van der Waals surface area contributed by atoms with Gasteiger partial charge in [-0.1, -0.05) is 18.2 Å². The normalized spacial score (nSPS) is 17.5. The summed E-state index contributed by atoms with van der Waals surface area (Å²) in [5, 5.41) is 3.23. The van der Waals surface area contributed by atoms with Crippen molar-refractivity contribution in [2.24, 2.45) is 4.99 Å². The second-order valence-electron chi connectivity index (χ2n) is 7.43. The molecule has 3 N–H and O–H groups in total. The summed E-state index contributed by atoms with van der Waals surface area (Å²) in [6.07, 6.45) is 5.86. The molecular weight excluding hydrogens is 364 g/mol. The Labute approximate surface area is 170 Å². The van der Waals surface area contributed by atoms with Crippen LogP contribution in [0.2, 0.25) is 0 Å². The molecule has 2 aliphatic rings. The fourth-order valence-electron chi connectivity index (χ4n) is 3.22. The minimum atomic E-state index is 0.505. The lowest BCUT2D eigenvalue weighted by Gasteiger charge is -2.32. The lowest BCUT2D eigenvalue weighted by molar-refractivity contribution is 0.311. The van der Waals surface area contributed by atoms with Crippen LogP contribution < -0.4 is 16.0 Å².